The van der Waals surface area contributed by atoms with Crippen LogP contribution in [-0.4, -0.2) is 52.8 Å². The van der Waals surface area contributed by atoms with E-state index in [0.29, 0.717) is 0 Å². The smallest absolute Gasteiger partial charge is 0.407 e. The van der Waals surface area contributed by atoms with E-state index in [4.69, 9.17) is 4.74 Å². The first-order valence-corrected chi connectivity index (χ1v) is 7.63. The van der Waals surface area contributed by atoms with Gasteiger partial charge in [0.05, 0.1) is 12.6 Å². The number of aliphatic hydroxyl groups is 1. The lowest BCUT2D eigenvalue weighted by Crippen LogP contribution is -2.51. The maximum absolute atomic E-state index is 12.3. The van der Waals surface area contributed by atoms with Gasteiger partial charge in [0.2, 0.25) is 5.91 Å². The molecule has 0 aliphatic carbocycles. The monoisotopic (exact) mass is 300 g/mol. The van der Waals surface area contributed by atoms with Crippen molar-refractivity contribution in [3.05, 3.63) is 0 Å². The zero-order chi connectivity index (χ0) is 16.0. The minimum atomic E-state index is -0.544. The molecule has 0 unspecified atom stereocenters. The van der Waals surface area contributed by atoms with Crippen molar-refractivity contribution in [3.8, 4) is 0 Å². The summed E-state index contributed by atoms with van der Waals surface area (Å²) in [5.41, 5.74) is -0.544. The van der Waals surface area contributed by atoms with Gasteiger partial charge in [-0.15, -0.1) is 0 Å². The Morgan fingerprint density at radius 3 is 2.57 bits per heavy atom. The number of hydrogen-bond donors (Lipinski definition) is 2. The Balaban J connectivity index is 2.40. The molecule has 0 bridgehead atoms. The highest BCUT2D eigenvalue weighted by molar-refractivity contribution is 5.78. The Morgan fingerprint density at radius 1 is 1.33 bits per heavy atom. The van der Waals surface area contributed by atoms with Gasteiger partial charge in [-0.2, -0.15) is 0 Å². The molecule has 0 aromatic heterocycles. The van der Waals surface area contributed by atoms with Crippen molar-refractivity contribution in [3.63, 3.8) is 0 Å². The summed E-state index contributed by atoms with van der Waals surface area (Å²) in [6, 6.07) is 0.0488. The van der Waals surface area contributed by atoms with Crippen LogP contribution in [0.1, 0.15) is 53.4 Å². The number of alkyl carbamates (subject to hydrolysis) is 1. The van der Waals surface area contributed by atoms with Gasteiger partial charge in [-0.3, -0.25) is 4.79 Å². The highest BCUT2D eigenvalue weighted by Gasteiger charge is 2.30. The molecule has 122 valence electrons. The number of ether oxygens (including phenoxy) is 1. The zero-order valence-electron chi connectivity index (χ0n) is 13.5. The number of carbonyl (C=O) groups is 2. The number of carbonyl (C=O) groups excluding carboxylic acids is 2. The average Bonchev–Trinajstić information content (AvgIpc) is 2.35. The zero-order valence-corrected chi connectivity index (χ0v) is 13.5. The van der Waals surface area contributed by atoms with Crippen molar-refractivity contribution in [2.24, 2.45) is 0 Å². The molecule has 1 fully saturated rings. The Kier molecular flexibility index (Phi) is 6.45. The van der Waals surface area contributed by atoms with Crippen LogP contribution >= 0.6 is 0 Å². The van der Waals surface area contributed by atoms with Crippen molar-refractivity contribution < 1.29 is 19.4 Å². The number of aliphatic hydroxyl groups excluding tert-OH is 1. The topological polar surface area (TPSA) is 78.9 Å². The molecule has 0 aromatic rings. The Morgan fingerprint density at radius 2 is 2.00 bits per heavy atom. The molecule has 0 aromatic carbocycles. The van der Waals surface area contributed by atoms with E-state index in [1.165, 1.54) is 0 Å². The second kappa shape index (κ2) is 7.64. The van der Waals surface area contributed by atoms with Gasteiger partial charge in [0.15, 0.2) is 0 Å². The normalized spacial score (nSPS) is 22.8. The molecule has 0 saturated carbocycles. The first-order valence-electron chi connectivity index (χ1n) is 7.63. The Labute approximate surface area is 126 Å². The number of hydrogen-bond acceptors (Lipinski definition) is 4. The summed E-state index contributed by atoms with van der Waals surface area (Å²) < 4.78 is 5.11. The molecule has 1 rings (SSSR count). The average molecular weight is 300 g/mol. The maximum Gasteiger partial charge on any atom is 0.407 e. The van der Waals surface area contributed by atoms with E-state index in [-0.39, 0.29) is 37.6 Å². The van der Waals surface area contributed by atoms with Crippen LogP contribution in [-0.2, 0) is 9.53 Å². The molecule has 6 heteroatoms. The van der Waals surface area contributed by atoms with Gasteiger partial charge < -0.3 is 20.1 Å². The lowest BCUT2D eigenvalue weighted by molar-refractivity contribution is -0.138. The number of nitrogens with zero attached hydrogens (tertiary/aromatic N) is 1. The van der Waals surface area contributed by atoms with E-state index in [9.17, 15) is 14.7 Å². The minimum Gasteiger partial charge on any atom is -0.444 e. The fraction of sp³-hybridized carbons (Fsp3) is 0.867. The number of rotatable bonds is 4. The highest BCUT2D eigenvalue weighted by atomic mass is 16.6. The molecule has 1 heterocycles. The second-order valence-corrected chi connectivity index (χ2v) is 6.60. The van der Waals surface area contributed by atoms with Gasteiger partial charge in [0.1, 0.15) is 5.60 Å². The van der Waals surface area contributed by atoms with Crippen molar-refractivity contribution in [1.29, 1.82) is 0 Å². The van der Waals surface area contributed by atoms with Gasteiger partial charge in [0, 0.05) is 19.0 Å². The van der Waals surface area contributed by atoms with E-state index in [0.717, 1.165) is 19.3 Å². The first-order chi connectivity index (χ1) is 9.74. The maximum atomic E-state index is 12.3. The van der Waals surface area contributed by atoms with E-state index in [1.54, 1.807) is 25.7 Å². The Bertz CT molecular complexity index is 365. The standard InChI is InChI=1S/C15H28N2O4/c1-11-6-5-7-12(10-18)17(11)13(19)8-9-16-14(20)21-15(2,3)4/h11-12,18H,5-10H2,1-4H3,(H,16,20)/t11-,12+/m1/s1. The molecule has 2 N–H and O–H groups in total. The molecule has 0 spiro atoms. The second-order valence-electron chi connectivity index (χ2n) is 6.60. The van der Waals surface area contributed by atoms with E-state index in [2.05, 4.69) is 5.32 Å². The van der Waals surface area contributed by atoms with Crippen LogP contribution in [0.25, 0.3) is 0 Å². The van der Waals surface area contributed by atoms with Gasteiger partial charge >= 0.3 is 6.09 Å². The molecular weight excluding hydrogens is 272 g/mol. The van der Waals surface area contributed by atoms with Crippen molar-refractivity contribution >= 4 is 12.0 Å². The largest absolute Gasteiger partial charge is 0.444 e. The van der Waals surface area contributed by atoms with E-state index < -0.39 is 11.7 Å². The summed E-state index contributed by atoms with van der Waals surface area (Å²) >= 11 is 0. The Hall–Kier alpha value is -1.30. The van der Waals surface area contributed by atoms with Gasteiger partial charge in [-0.1, -0.05) is 0 Å². The lowest BCUT2D eigenvalue weighted by atomic mass is 9.96. The van der Waals surface area contributed by atoms with Crippen LogP contribution in [0, 0.1) is 0 Å². The summed E-state index contributed by atoms with van der Waals surface area (Å²) in [4.78, 5) is 25.5. The van der Waals surface area contributed by atoms with Crippen molar-refractivity contribution in [1.82, 2.24) is 10.2 Å². The van der Waals surface area contributed by atoms with E-state index in [1.807, 2.05) is 6.92 Å². The molecule has 0 radical (unpaired) electrons. The minimum absolute atomic E-state index is 0.00439. The van der Waals surface area contributed by atoms with Gasteiger partial charge in [-0.05, 0) is 47.0 Å². The third-order valence-corrected chi connectivity index (χ3v) is 3.53. The summed E-state index contributed by atoms with van der Waals surface area (Å²) in [6.45, 7) is 7.61. The third kappa shape index (κ3) is 5.91. The summed E-state index contributed by atoms with van der Waals surface area (Å²) in [6.07, 6.45) is 2.54. The predicted octanol–water partition coefficient (Wildman–Crippen LogP) is 1.66. The summed E-state index contributed by atoms with van der Waals surface area (Å²) in [5.74, 6) is -0.0303. The number of likely N-dealkylation sites (tertiary alicyclic amines) is 1. The number of amides is 2. The van der Waals surface area contributed by atoms with Gasteiger partial charge in [-0.25, -0.2) is 4.79 Å². The predicted molar refractivity (Wildman–Crippen MR) is 79.9 cm³/mol. The van der Waals surface area contributed by atoms with Crippen molar-refractivity contribution in [2.75, 3.05) is 13.2 Å². The van der Waals surface area contributed by atoms with Crippen LogP contribution in [0.15, 0.2) is 0 Å². The fourth-order valence-corrected chi connectivity index (χ4v) is 2.63. The van der Waals surface area contributed by atoms with Crippen LogP contribution in [0.3, 0.4) is 0 Å². The summed E-state index contributed by atoms with van der Waals surface area (Å²) in [7, 11) is 0. The van der Waals surface area contributed by atoms with Crippen molar-refractivity contribution in [2.45, 2.75) is 71.1 Å². The molecule has 2 amide bonds. The summed E-state index contributed by atoms with van der Waals surface area (Å²) in [5, 5.41) is 12.0. The first kappa shape index (κ1) is 17.8. The molecule has 6 nitrogen and oxygen atoms in total. The van der Waals surface area contributed by atoms with Crippen LogP contribution in [0.2, 0.25) is 0 Å². The van der Waals surface area contributed by atoms with Crippen LogP contribution in [0.4, 0.5) is 4.79 Å². The fourth-order valence-electron chi connectivity index (χ4n) is 2.63. The molecule has 21 heavy (non-hydrogen) atoms. The number of piperidine rings is 1. The molecule has 1 aliphatic heterocycles. The van der Waals surface area contributed by atoms with Crippen LogP contribution in [0.5, 0.6) is 0 Å². The van der Waals surface area contributed by atoms with Crippen LogP contribution < -0.4 is 5.32 Å². The molecule has 1 aliphatic rings. The SMILES string of the molecule is C[C@@H]1CCC[C@@H](CO)N1C(=O)CCNC(=O)OC(C)(C)C. The number of nitrogens with one attached hydrogen (secondary N) is 1. The van der Waals surface area contributed by atoms with Gasteiger partial charge in [0.25, 0.3) is 0 Å². The highest BCUT2D eigenvalue weighted by Crippen LogP contribution is 2.23. The quantitative estimate of drug-likeness (QED) is 0.827. The van der Waals surface area contributed by atoms with E-state index >= 15 is 0 Å². The molecule has 1 saturated heterocycles. The molecule has 2 atom stereocenters. The lowest BCUT2D eigenvalue weighted by Gasteiger charge is -2.40. The molecular formula is C15H28N2O4. The third-order valence-electron chi connectivity index (χ3n) is 3.53.